The molecule has 1 aromatic heterocycles. The number of methoxy groups -OCH3 is 2. The Morgan fingerprint density at radius 3 is 2.71 bits per heavy atom. The molecule has 160 valence electrons. The highest BCUT2D eigenvalue weighted by molar-refractivity contribution is 7.16. The van der Waals surface area contributed by atoms with Gasteiger partial charge in [0.25, 0.3) is 5.91 Å². The Morgan fingerprint density at radius 1 is 1.10 bits per heavy atom. The second-order valence-corrected chi connectivity index (χ2v) is 8.92. The Morgan fingerprint density at radius 2 is 1.94 bits per heavy atom. The van der Waals surface area contributed by atoms with Gasteiger partial charge >= 0.3 is 0 Å². The third-order valence-electron chi connectivity index (χ3n) is 5.91. The van der Waals surface area contributed by atoms with Gasteiger partial charge in [0.1, 0.15) is 22.7 Å². The molecule has 6 nitrogen and oxygen atoms in total. The zero-order valence-electron chi connectivity index (χ0n) is 17.6. The van der Waals surface area contributed by atoms with Crippen molar-refractivity contribution in [3.05, 3.63) is 75.7 Å². The van der Waals surface area contributed by atoms with Crippen LogP contribution in [0.25, 0.3) is 0 Å². The summed E-state index contributed by atoms with van der Waals surface area (Å²) in [6.45, 7) is 2.75. The van der Waals surface area contributed by atoms with E-state index in [1.54, 1.807) is 25.6 Å². The number of fused-ring (bicyclic) bond motifs is 3. The first-order valence-corrected chi connectivity index (χ1v) is 11.2. The van der Waals surface area contributed by atoms with Crippen molar-refractivity contribution in [2.45, 2.75) is 25.7 Å². The van der Waals surface area contributed by atoms with Crippen LogP contribution in [0, 0.1) is 0 Å². The Kier molecular flexibility index (Phi) is 5.29. The van der Waals surface area contributed by atoms with E-state index in [2.05, 4.69) is 39.8 Å². The number of anilines is 1. The van der Waals surface area contributed by atoms with Crippen molar-refractivity contribution in [1.82, 2.24) is 10.2 Å². The summed E-state index contributed by atoms with van der Waals surface area (Å²) in [5.74, 6) is 1.37. The molecule has 0 saturated carbocycles. The van der Waals surface area contributed by atoms with Crippen molar-refractivity contribution in [2.75, 3.05) is 26.1 Å². The fraction of sp³-hybridized carbons (Fsp3) is 0.292. The first-order valence-electron chi connectivity index (χ1n) is 10.4. The lowest BCUT2D eigenvalue weighted by atomic mass is 9.99. The van der Waals surface area contributed by atoms with Gasteiger partial charge in [-0.3, -0.25) is 9.69 Å². The maximum Gasteiger partial charge on any atom is 0.256 e. The van der Waals surface area contributed by atoms with Crippen molar-refractivity contribution in [3.63, 3.8) is 0 Å². The van der Waals surface area contributed by atoms with E-state index >= 15 is 0 Å². The van der Waals surface area contributed by atoms with Gasteiger partial charge in [0.15, 0.2) is 0 Å². The van der Waals surface area contributed by atoms with Crippen molar-refractivity contribution in [2.24, 2.45) is 0 Å². The molecular weight excluding hydrogens is 410 g/mol. The van der Waals surface area contributed by atoms with Crippen LogP contribution in [0.3, 0.4) is 0 Å². The summed E-state index contributed by atoms with van der Waals surface area (Å²) in [6, 6.07) is 16.2. The standard InChI is InChI=1S/C24H25N3O3S/c1-29-16-8-9-17(19(12-16)30-2)22-25-23(28)21-18-10-11-27(13-15-6-4-3-5-7-15)14-20(18)31-24(21)26-22/h3-9,12,22,26H,10-11,13-14H2,1-2H3,(H,25,28). The lowest BCUT2D eigenvalue weighted by molar-refractivity contribution is 0.0934. The molecular formula is C24H25N3O3S. The highest BCUT2D eigenvalue weighted by Gasteiger charge is 2.34. The summed E-state index contributed by atoms with van der Waals surface area (Å²) in [7, 11) is 3.25. The van der Waals surface area contributed by atoms with E-state index in [-0.39, 0.29) is 12.1 Å². The highest BCUT2D eigenvalue weighted by atomic mass is 32.1. The number of benzene rings is 2. The maximum absolute atomic E-state index is 13.1. The van der Waals surface area contributed by atoms with E-state index in [9.17, 15) is 4.79 Å². The lowest BCUT2D eigenvalue weighted by Crippen LogP contribution is -2.39. The Hall–Kier alpha value is -3.03. The summed E-state index contributed by atoms with van der Waals surface area (Å²) in [5, 5.41) is 7.58. The number of carbonyl (C=O) groups is 1. The zero-order valence-corrected chi connectivity index (χ0v) is 18.4. The van der Waals surface area contributed by atoms with Gasteiger partial charge in [-0.25, -0.2) is 0 Å². The van der Waals surface area contributed by atoms with Crippen LogP contribution in [-0.4, -0.2) is 31.6 Å². The molecule has 0 fully saturated rings. The molecule has 1 amide bonds. The number of rotatable bonds is 5. The smallest absolute Gasteiger partial charge is 0.256 e. The molecule has 0 saturated heterocycles. The first kappa shape index (κ1) is 19.9. The lowest BCUT2D eigenvalue weighted by Gasteiger charge is -2.29. The average Bonchev–Trinajstić information content (AvgIpc) is 3.17. The van der Waals surface area contributed by atoms with Crippen LogP contribution < -0.4 is 20.1 Å². The van der Waals surface area contributed by atoms with Crippen LogP contribution in [-0.2, 0) is 19.5 Å². The minimum atomic E-state index is -0.346. The number of hydrogen-bond donors (Lipinski definition) is 2. The Bertz CT molecular complexity index is 1110. The van der Waals surface area contributed by atoms with Crippen molar-refractivity contribution >= 4 is 22.2 Å². The van der Waals surface area contributed by atoms with Crippen LogP contribution in [0.5, 0.6) is 11.5 Å². The van der Waals surface area contributed by atoms with Crippen LogP contribution >= 0.6 is 11.3 Å². The van der Waals surface area contributed by atoms with Crippen LogP contribution in [0.1, 0.15) is 38.1 Å². The van der Waals surface area contributed by atoms with Gasteiger partial charge in [0.05, 0.1) is 19.8 Å². The molecule has 1 atom stereocenters. The molecule has 2 aromatic carbocycles. The number of hydrogen-bond acceptors (Lipinski definition) is 6. The van der Waals surface area contributed by atoms with Crippen molar-refractivity contribution in [3.8, 4) is 11.5 Å². The molecule has 3 aromatic rings. The fourth-order valence-electron chi connectivity index (χ4n) is 4.36. The molecule has 7 heteroatoms. The van der Waals surface area contributed by atoms with Crippen LogP contribution in [0.2, 0.25) is 0 Å². The van der Waals surface area contributed by atoms with Crippen molar-refractivity contribution < 1.29 is 14.3 Å². The van der Waals surface area contributed by atoms with Gasteiger partial charge in [-0.15, -0.1) is 11.3 Å². The zero-order chi connectivity index (χ0) is 21.4. The number of nitrogens with zero attached hydrogens (tertiary/aromatic N) is 1. The minimum Gasteiger partial charge on any atom is -0.497 e. The number of carbonyl (C=O) groups excluding carboxylic acids is 1. The Balaban J connectivity index is 1.39. The molecule has 0 spiro atoms. The van der Waals surface area contributed by atoms with E-state index < -0.39 is 0 Å². The number of thiophene rings is 1. The summed E-state index contributed by atoms with van der Waals surface area (Å²) in [5.41, 5.74) is 4.19. The van der Waals surface area contributed by atoms with E-state index in [0.29, 0.717) is 11.5 Å². The highest BCUT2D eigenvalue weighted by Crippen LogP contribution is 2.42. The molecule has 0 bridgehead atoms. The van der Waals surface area contributed by atoms with Crippen molar-refractivity contribution in [1.29, 1.82) is 0 Å². The van der Waals surface area contributed by atoms with E-state index in [1.807, 2.05) is 24.3 Å². The normalized spacial score (nSPS) is 17.9. The van der Waals surface area contributed by atoms with E-state index in [0.717, 1.165) is 42.2 Å². The topological polar surface area (TPSA) is 62.8 Å². The van der Waals surface area contributed by atoms with Gasteiger partial charge in [-0.2, -0.15) is 0 Å². The van der Waals surface area contributed by atoms with Crippen LogP contribution in [0.15, 0.2) is 48.5 Å². The third-order valence-corrected chi connectivity index (χ3v) is 7.06. The van der Waals surface area contributed by atoms with Gasteiger partial charge in [0.2, 0.25) is 0 Å². The van der Waals surface area contributed by atoms with Crippen LogP contribution in [0.4, 0.5) is 5.00 Å². The SMILES string of the molecule is COc1ccc(C2NC(=O)c3c(sc4c3CCN(Cc3ccccc3)C4)N2)c(OC)c1. The monoisotopic (exact) mass is 435 g/mol. The molecule has 3 heterocycles. The third kappa shape index (κ3) is 3.75. The fourth-order valence-corrected chi connectivity index (χ4v) is 5.67. The molecule has 2 aliphatic heterocycles. The van der Waals surface area contributed by atoms with Gasteiger partial charge < -0.3 is 20.1 Å². The molecule has 5 rings (SSSR count). The minimum absolute atomic E-state index is 0.0226. The number of nitrogens with one attached hydrogen (secondary N) is 2. The Labute approximate surface area is 185 Å². The molecule has 2 aliphatic rings. The second kappa shape index (κ2) is 8.24. The molecule has 0 aliphatic carbocycles. The van der Waals surface area contributed by atoms with Gasteiger partial charge in [-0.1, -0.05) is 30.3 Å². The summed E-state index contributed by atoms with van der Waals surface area (Å²) < 4.78 is 10.8. The average molecular weight is 436 g/mol. The largest absolute Gasteiger partial charge is 0.497 e. The molecule has 0 radical (unpaired) electrons. The van der Waals surface area contributed by atoms with E-state index in [4.69, 9.17) is 9.47 Å². The predicted octanol–water partition coefficient (Wildman–Crippen LogP) is 4.18. The quantitative estimate of drug-likeness (QED) is 0.630. The number of amides is 1. The van der Waals surface area contributed by atoms with Gasteiger partial charge in [-0.05, 0) is 29.7 Å². The first-order chi connectivity index (χ1) is 15.2. The molecule has 31 heavy (non-hydrogen) atoms. The summed E-state index contributed by atoms with van der Waals surface area (Å²) in [6.07, 6.45) is 0.543. The summed E-state index contributed by atoms with van der Waals surface area (Å²) >= 11 is 1.70. The van der Waals surface area contributed by atoms with E-state index in [1.165, 1.54) is 16.0 Å². The summed E-state index contributed by atoms with van der Waals surface area (Å²) in [4.78, 5) is 16.8. The second-order valence-electron chi connectivity index (χ2n) is 7.81. The van der Waals surface area contributed by atoms with Gasteiger partial charge in [0, 0.05) is 36.1 Å². The number of ether oxygens (including phenoxy) is 2. The maximum atomic E-state index is 13.1. The molecule has 2 N–H and O–H groups in total. The molecule has 1 unspecified atom stereocenters. The predicted molar refractivity (Wildman–Crippen MR) is 122 cm³/mol.